The molecule has 0 amide bonds. The number of nitrogens with two attached hydrogens (primary N) is 1. The van der Waals surface area contributed by atoms with Crippen molar-refractivity contribution in [3.63, 3.8) is 0 Å². The molecule has 0 radical (unpaired) electrons. The zero-order valence-corrected chi connectivity index (χ0v) is 16.2. The third kappa shape index (κ3) is 3.03. The highest BCUT2D eigenvalue weighted by Crippen LogP contribution is 2.64. The van der Waals surface area contributed by atoms with Gasteiger partial charge >= 0.3 is 0 Å². The molecule has 2 N–H and O–H groups in total. The zero-order valence-electron chi connectivity index (χ0n) is 13.9. The van der Waals surface area contributed by atoms with E-state index in [1.54, 1.807) is 6.07 Å². The van der Waals surface area contributed by atoms with Gasteiger partial charge in [-0.3, -0.25) is 0 Å². The van der Waals surface area contributed by atoms with Crippen LogP contribution in [0.2, 0.25) is 5.02 Å². The van der Waals surface area contributed by atoms with Gasteiger partial charge in [0.1, 0.15) is 5.82 Å². The molecule has 8 heteroatoms. The monoisotopic (exact) mass is 413 g/mol. The Kier molecular flexibility index (Phi) is 5.09. The average molecular weight is 414 g/mol. The molecule has 0 unspecified atom stereocenters. The fraction of sp³-hybridized carbons (Fsp3) is 0.278. The second kappa shape index (κ2) is 6.88. The van der Waals surface area contributed by atoms with Gasteiger partial charge in [-0.05, 0) is 42.0 Å². The van der Waals surface area contributed by atoms with Crippen LogP contribution in [0.1, 0.15) is 11.5 Å². The second-order valence-electron chi connectivity index (χ2n) is 6.29. The molecule has 0 aromatic heterocycles. The molecule has 0 spiro atoms. The maximum Gasteiger partial charge on any atom is 0.182 e. The Morgan fingerprint density at radius 3 is 2.50 bits per heavy atom. The first-order valence-electron chi connectivity index (χ1n) is 7.79. The molecular formula is C18H17ClFNO3S2. The van der Waals surface area contributed by atoms with Gasteiger partial charge in [0.15, 0.2) is 9.84 Å². The van der Waals surface area contributed by atoms with E-state index in [2.05, 4.69) is 0 Å². The molecule has 26 heavy (non-hydrogen) atoms. The lowest BCUT2D eigenvalue weighted by Crippen LogP contribution is -2.33. The molecule has 0 heterocycles. The highest BCUT2D eigenvalue weighted by atomic mass is 35.5. The lowest BCUT2D eigenvalue weighted by molar-refractivity contribution is 0.166. The Morgan fingerprint density at radius 1 is 1.31 bits per heavy atom. The normalized spacial score (nSPS) is 25.0. The van der Waals surface area contributed by atoms with Crippen molar-refractivity contribution in [2.75, 3.05) is 13.7 Å². The summed E-state index contributed by atoms with van der Waals surface area (Å²) in [5.41, 5.74) is 5.38. The Bertz CT molecular complexity index is 949. The number of hydrogen-bond acceptors (Lipinski definition) is 4. The van der Waals surface area contributed by atoms with Crippen molar-refractivity contribution in [2.24, 2.45) is 11.1 Å². The fourth-order valence-electron chi connectivity index (χ4n) is 3.58. The molecule has 3 rings (SSSR count). The Labute approximate surface area is 162 Å². The van der Waals surface area contributed by atoms with E-state index in [1.807, 2.05) is 0 Å². The molecular weight excluding hydrogens is 397 g/mol. The Morgan fingerprint density at radius 2 is 1.96 bits per heavy atom. The van der Waals surface area contributed by atoms with Crippen molar-refractivity contribution in [3.8, 4) is 0 Å². The first kappa shape index (κ1) is 19.2. The molecule has 0 saturated heterocycles. The van der Waals surface area contributed by atoms with Crippen LogP contribution in [0, 0.1) is 11.2 Å². The molecule has 1 aliphatic carbocycles. The summed E-state index contributed by atoms with van der Waals surface area (Å²) in [6, 6.07) is 11.7. The molecule has 0 bridgehead atoms. The van der Waals surface area contributed by atoms with Crippen LogP contribution >= 0.6 is 23.8 Å². The summed E-state index contributed by atoms with van der Waals surface area (Å²) in [4.78, 5) is 0.152. The van der Waals surface area contributed by atoms with E-state index < -0.39 is 32.2 Å². The van der Waals surface area contributed by atoms with Crippen molar-refractivity contribution in [2.45, 2.75) is 16.1 Å². The van der Waals surface area contributed by atoms with Crippen LogP contribution in [-0.4, -0.2) is 32.4 Å². The summed E-state index contributed by atoms with van der Waals surface area (Å²) in [5, 5.41) is -0.505. The van der Waals surface area contributed by atoms with Crippen molar-refractivity contribution < 1.29 is 17.5 Å². The van der Waals surface area contributed by atoms with E-state index >= 15 is 0 Å². The largest absolute Gasteiger partial charge is 0.393 e. The third-order valence-corrected chi connectivity index (χ3v) is 7.71. The van der Waals surface area contributed by atoms with E-state index in [0.29, 0.717) is 10.6 Å². The maximum atomic E-state index is 13.7. The summed E-state index contributed by atoms with van der Waals surface area (Å²) in [7, 11) is -2.34. The van der Waals surface area contributed by atoms with Crippen LogP contribution in [-0.2, 0) is 14.6 Å². The predicted molar refractivity (Wildman–Crippen MR) is 103 cm³/mol. The molecule has 1 fully saturated rings. The van der Waals surface area contributed by atoms with Crippen LogP contribution in [0.25, 0.3) is 0 Å². The average Bonchev–Trinajstić information content (AvgIpc) is 3.27. The number of rotatable bonds is 6. The first-order chi connectivity index (χ1) is 12.2. The van der Waals surface area contributed by atoms with Crippen molar-refractivity contribution >= 4 is 38.6 Å². The first-order valence-corrected chi connectivity index (χ1v) is 10.1. The number of hydrogen-bond donors (Lipinski definition) is 1. The summed E-state index contributed by atoms with van der Waals surface area (Å²) >= 11 is 11.1. The maximum absolute atomic E-state index is 13.7. The van der Waals surface area contributed by atoms with Gasteiger partial charge in [-0.1, -0.05) is 36.0 Å². The molecule has 1 aliphatic rings. The van der Waals surface area contributed by atoms with Gasteiger partial charge < -0.3 is 10.5 Å². The zero-order chi connectivity index (χ0) is 19.1. The minimum Gasteiger partial charge on any atom is -0.393 e. The molecule has 2 aromatic rings. The van der Waals surface area contributed by atoms with Gasteiger partial charge in [0.2, 0.25) is 0 Å². The van der Waals surface area contributed by atoms with E-state index in [9.17, 15) is 12.8 Å². The second-order valence-corrected chi connectivity index (χ2v) is 9.24. The highest BCUT2D eigenvalue weighted by molar-refractivity contribution is 7.92. The Balaban J connectivity index is 2.13. The quantitative estimate of drug-likeness (QED) is 0.735. The molecule has 3 atom stereocenters. The van der Waals surface area contributed by atoms with Crippen molar-refractivity contribution in [3.05, 3.63) is 64.9 Å². The van der Waals surface area contributed by atoms with Crippen LogP contribution in [0.15, 0.2) is 53.4 Å². The van der Waals surface area contributed by atoms with Gasteiger partial charge in [-0.25, -0.2) is 12.8 Å². The third-order valence-electron chi connectivity index (χ3n) is 4.78. The van der Waals surface area contributed by atoms with Gasteiger partial charge in [0, 0.05) is 18.1 Å². The van der Waals surface area contributed by atoms with Crippen LogP contribution in [0.3, 0.4) is 0 Å². The fourth-order valence-corrected chi connectivity index (χ4v) is 6.48. The summed E-state index contributed by atoms with van der Waals surface area (Å²) in [6.45, 7) is 0.0288. The summed E-state index contributed by atoms with van der Waals surface area (Å²) in [5.74, 6) is -1.04. The van der Waals surface area contributed by atoms with Crippen molar-refractivity contribution in [1.82, 2.24) is 0 Å². The smallest absolute Gasteiger partial charge is 0.182 e. The van der Waals surface area contributed by atoms with Crippen LogP contribution in [0.5, 0.6) is 0 Å². The van der Waals surface area contributed by atoms with E-state index in [0.717, 1.165) is 0 Å². The predicted octanol–water partition coefficient (Wildman–Crippen LogP) is 3.34. The molecule has 0 aliphatic heterocycles. The number of sulfone groups is 1. The van der Waals surface area contributed by atoms with Gasteiger partial charge in [-0.15, -0.1) is 0 Å². The number of halogens is 2. The minimum atomic E-state index is -3.80. The number of methoxy groups -OCH3 is 1. The van der Waals surface area contributed by atoms with Gasteiger partial charge in [-0.2, -0.15) is 0 Å². The SMILES string of the molecule is COC[C@]1(C(N)=S)[C@H](c2cccc(F)c2)[C@H]1S(=O)(=O)c1ccc(Cl)cc1. The van der Waals surface area contributed by atoms with E-state index in [4.69, 9.17) is 34.3 Å². The van der Waals surface area contributed by atoms with Crippen molar-refractivity contribution in [1.29, 1.82) is 0 Å². The van der Waals surface area contributed by atoms with Crippen LogP contribution < -0.4 is 5.73 Å². The molecule has 4 nitrogen and oxygen atoms in total. The topological polar surface area (TPSA) is 69.4 Å². The van der Waals surface area contributed by atoms with E-state index in [-0.39, 0.29) is 16.5 Å². The molecule has 1 saturated carbocycles. The van der Waals surface area contributed by atoms with Gasteiger partial charge in [0.05, 0.1) is 27.2 Å². The molecule has 138 valence electrons. The Hall–Kier alpha value is -1.54. The van der Waals surface area contributed by atoms with E-state index in [1.165, 1.54) is 49.6 Å². The number of benzene rings is 2. The lowest BCUT2D eigenvalue weighted by atomic mass is 10.00. The number of ether oxygens (including phenoxy) is 1. The molecule has 2 aromatic carbocycles. The summed E-state index contributed by atoms with van der Waals surface area (Å²) in [6.07, 6.45) is 0. The number of thiocarbonyl (C=S) groups is 1. The standard InChI is InChI=1S/C18H17ClFNO3S2/c1-24-10-18(17(21)25)15(11-3-2-4-13(20)9-11)16(18)26(22,23)14-7-5-12(19)6-8-14/h2-9,15-16H,10H2,1H3,(H2,21,25)/t15-,16-,18+/m1/s1. The van der Waals surface area contributed by atoms with Crippen LogP contribution in [0.4, 0.5) is 4.39 Å². The lowest BCUT2D eigenvalue weighted by Gasteiger charge is -2.16. The van der Waals surface area contributed by atoms with Gasteiger partial charge in [0.25, 0.3) is 0 Å². The highest BCUT2D eigenvalue weighted by Gasteiger charge is 2.73. The minimum absolute atomic E-state index is 0.0288. The summed E-state index contributed by atoms with van der Waals surface area (Å²) < 4.78 is 45.5.